The van der Waals surface area contributed by atoms with E-state index in [1.54, 1.807) is 13.0 Å². The maximum atomic E-state index is 6.14. The molecule has 0 aliphatic heterocycles. The van der Waals surface area contributed by atoms with Gasteiger partial charge < -0.3 is 9.09 Å². The molecule has 0 atom stereocenters. The van der Waals surface area contributed by atoms with Gasteiger partial charge in [-0.15, -0.1) is 11.6 Å². The average Bonchev–Trinajstić information content (AvgIpc) is 2.96. The first-order valence-corrected chi connectivity index (χ1v) is 6.59. The SMILES string of the molecule is Cc1nc(Cn2c(CCl)nc3c(Cl)cccc32)no1. The van der Waals surface area contributed by atoms with Gasteiger partial charge in [0.15, 0.2) is 5.82 Å². The van der Waals surface area contributed by atoms with E-state index in [2.05, 4.69) is 15.1 Å². The van der Waals surface area contributed by atoms with Crippen LogP contribution in [0.25, 0.3) is 11.0 Å². The van der Waals surface area contributed by atoms with E-state index in [0.717, 1.165) is 16.9 Å². The van der Waals surface area contributed by atoms with E-state index >= 15 is 0 Å². The predicted octanol–water partition coefficient (Wildman–Crippen LogP) is 3.17. The largest absolute Gasteiger partial charge is 0.340 e. The van der Waals surface area contributed by atoms with Gasteiger partial charge in [0.1, 0.15) is 11.3 Å². The minimum Gasteiger partial charge on any atom is -0.340 e. The van der Waals surface area contributed by atoms with Crippen molar-refractivity contribution in [2.45, 2.75) is 19.3 Å². The molecule has 98 valence electrons. The molecule has 0 spiro atoms. The van der Waals surface area contributed by atoms with E-state index in [1.165, 1.54) is 0 Å². The van der Waals surface area contributed by atoms with E-state index in [9.17, 15) is 0 Å². The zero-order valence-electron chi connectivity index (χ0n) is 10.1. The summed E-state index contributed by atoms with van der Waals surface area (Å²) in [5, 5.41) is 4.49. The lowest BCUT2D eigenvalue weighted by Gasteiger charge is -2.04. The molecule has 0 aliphatic carbocycles. The van der Waals surface area contributed by atoms with Gasteiger partial charge in [0, 0.05) is 6.92 Å². The summed E-state index contributed by atoms with van der Waals surface area (Å²) < 4.78 is 6.91. The maximum absolute atomic E-state index is 6.14. The fourth-order valence-electron chi connectivity index (χ4n) is 1.99. The number of hydrogen-bond acceptors (Lipinski definition) is 4. The summed E-state index contributed by atoms with van der Waals surface area (Å²) >= 11 is 12.1. The Kier molecular flexibility index (Phi) is 3.16. The molecule has 2 aromatic heterocycles. The highest BCUT2D eigenvalue weighted by atomic mass is 35.5. The molecule has 0 radical (unpaired) electrons. The Morgan fingerprint density at radius 1 is 1.32 bits per heavy atom. The van der Waals surface area contributed by atoms with Crippen molar-refractivity contribution >= 4 is 34.2 Å². The Hall–Kier alpha value is -1.59. The minimum atomic E-state index is 0.293. The summed E-state index contributed by atoms with van der Waals surface area (Å²) in [6.45, 7) is 2.21. The molecule has 0 saturated heterocycles. The van der Waals surface area contributed by atoms with Crippen LogP contribution in [0.2, 0.25) is 5.02 Å². The van der Waals surface area contributed by atoms with Crippen molar-refractivity contribution in [3.63, 3.8) is 0 Å². The molecule has 3 rings (SSSR count). The number of hydrogen-bond donors (Lipinski definition) is 0. The van der Waals surface area contributed by atoms with Gasteiger partial charge in [0.25, 0.3) is 0 Å². The number of alkyl halides is 1. The third-order valence-corrected chi connectivity index (χ3v) is 3.34. The van der Waals surface area contributed by atoms with Crippen molar-refractivity contribution in [3.05, 3.63) is 40.8 Å². The molecule has 0 bridgehead atoms. The molecule has 2 heterocycles. The van der Waals surface area contributed by atoms with Crippen LogP contribution in [0.15, 0.2) is 22.7 Å². The van der Waals surface area contributed by atoms with Crippen molar-refractivity contribution in [1.82, 2.24) is 19.7 Å². The topological polar surface area (TPSA) is 56.7 Å². The van der Waals surface area contributed by atoms with Crippen molar-refractivity contribution < 1.29 is 4.52 Å². The third kappa shape index (κ3) is 2.19. The molecule has 0 saturated carbocycles. The van der Waals surface area contributed by atoms with Gasteiger partial charge in [0.2, 0.25) is 5.89 Å². The molecule has 3 aromatic rings. The summed E-state index contributed by atoms with van der Waals surface area (Å²) in [4.78, 5) is 8.63. The average molecular weight is 297 g/mol. The second-order valence-electron chi connectivity index (χ2n) is 4.08. The first-order chi connectivity index (χ1) is 9.19. The molecule has 0 fully saturated rings. The smallest absolute Gasteiger partial charge is 0.223 e. The quantitative estimate of drug-likeness (QED) is 0.697. The van der Waals surface area contributed by atoms with Crippen molar-refractivity contribution in [3.8, 4) is 0 Å². The zero-order valence-corrected chi connectivity index (χ0v) is 11.6. The molecule has 19 heavy (non-hydrogen) atoms. The van der Waals surface area contributed by atoms with Crippen molar-refractivity contribution in [2.75, 3.05) is 0 Å². The van der Waals surface area contributed by atoms with Crippen LogP contribution in [0.1, 0.15) is 17.5 Å². The number of nitrogens with zero attached hydrogens (tertiary/aromatic N) is 4. The highest BCUT2D eigenvalue weighted by Gasteiger charge is 2.14. The van der Waals surface area contributed by atoms with Crippen LogP contribution in [-0.2, 0) is 12.4 Å². The van der Waals surface area contributed by atoms with Crippen molar-refractivity contribution in [1.29, 1.82) is 0 Å². The number of para-hydroxylation sites is 1. The molecular weight excluding hydrogens is 287 g/mol. The number of fused-ring (bicyclic) bond motifs is 1. The summed E-state index contributed by atoms with van der Waals surface area (Å²) in [5.74, 6) is 2.14. The Morgan fingerprint density at radius 2 is 2.16 bits per heavy atom. The van der Waals surface area contributed by atoms with Crippen LogP contribution in [0.3, 0.4) is 0 Å². The maximum Gasteiger partial charge on any atom is 0.223 e. The minimum absolute atomic E-state index is 0.293. The highest BCUT2D eigenvalue weighted by molar-refractivity contribution is 6.35. The Bertz CT molecular complexity index is 734. The Morgan fingerprint density at radius 3 is 2.84 bits per heavy atom. The van der Waals surface area contributed by atoms with Gasteiger partial charge in [-0.25, -0.2) is 4.98 Å². The summed E-state index contributed by atoms with van der Waals surface area (Å²) in [7, 11) is 0. The summed E-state index contributed by atoms with van der Waals surface area (Å²) in [6.07, 6.45) is 0. The Balaban J connectivity index is 2.13. The van der Waals surface area contributed by atoms with Gasteiger partial charge in [-0.2, -0.15) is 4.98 Å². The normalized spacial score (nSPS) is 11.3. The lowest BCUT2D eigenvalue weighted by molar-refractivity contribution is 0.386. The van der Waals surface area contributed by atoms with Gasteiger partial charge in [-0.3, -0.25) is 0 Å². The van der Waals surface area contributed by atoms with Gasteiger partial charge in [-0.05, 0) is 12.1 Å². The van der Waals surface area contributed by atoms with Crippen LogP contribution < -0.4 is 0 Å². The number of halogens is 2. The third-order valence-electron chi connectivity index (χ3n) is 2.80. The number of aromatic nitrogens is 4. The molecule has 0 amide bonds. The number of imidazole rings is 1. The number of aryl methyl sites for hydroxylation is 1. The second kappa shape index (κ2) is 4.83. The van der Waals surface area contributed by atoms with E-state index in [4.69, 9.17) is 27.7 Å². The predicted molar refractivity (Wildman–Crippen MR) is 72.4 cm³/mol. The zero-order chi connectivity index (χ0) is 13.4. The summed E-state index contributed by atoms with van der Waals surface area (Å²) in [6, 6.07) is 5.62. The monoisotopic (exact) mass is 296 g/mol. The Labute approximate surface area is 119 Å². The van der Waals surface area contributed by atoms with Crippen molar-refractivity contribution in [2.24, 2.45) is 0 Å². The van der Waals surface area contributed by atoms with Crippen LogP contribution in [0.5, 0.6) is 0 Å². The first kappa shape index (κ1) is 12.4. The van der Waals surface area contributed by atoms with Gasteiger partial charge in [-0.1, -0.05) is 22.8 Å². The van der Waals surface area contributed by atoms with Crippen LogP contribution >= 0.6 is 23.2 Å². The van der Waals surface area contributed by atoms with E-state index < -0.39 is 0 Å². The number of benzene rings is 1. The molecule has 7 heteroatoms. The lowest BCUT2D eigenvalue weighted by atomic mass is 10.3. The van der Waals surface area contributed by atoms with Gasteiger partial charge >= 0.3 is 0 Å². The van der Waals surface area contributed by atoms with Crippen LogP contribution in [-0.4, -0.2) is 19.7 Å². The van der Waals surface area contributed by atoms with Crippen LogP contribution in [0.4, 0.5) is 0 Å². The van der Waals surface area contributed by atoms with E-state index in [1.807, 2.05) is 16.7 Å². The molecule has 1 aromatic carbocycles. The van der Waals surface area contributed by atoms with E-state index in [-0.39, 0.29) is 0 Å². The summed E-state index contributed by atoms with van der Waals surface area (Å²) in [5.41, 5.74) is 1.64. The second-order valence-corrected chi connectivity index (χ2v) is 4.76. The highest BCUT2D eigenvalue weighted by Crippen LogP contribution is 2.25. The number of rotatable bonds is 3. The molecule has 0 aliphatic rings. The lowest BCUT2D eigenvalue weighted by Crippen LogP contribution is -2.05. The van der Waals surface area contributed by atoms with Gasteiger partial charge in [0.05, 0.1) is 23.0 Å². The standard InChI is InChI=1S/C12H10Cl2N4O/c1-7-15-10(17-19-7)6-18-9-4-2-3-8(14)12(9)16-11(18)5-13/h2-4H,5-6H2,1H3. The molecular formula is C12H10Cl2N4O. The first-order valence-electron chi connectivity index (χ1n) is 5.68. The molecule has 0 unspecified atom stereocenters. The van der Waals surface area contributed by atoms with E-state index in [0.29, 0.717) is 29.2 Å². The van der Waals surface area contributed by atoms with Crippen LogP contribution in [0, 0.1) is 6.92 Å². The molecule has 0 N–H and O–H groups in total. The fourth-order valence-corrected chi connectivity index (χ4v) is 2.40. The molecule has 5 nitrogen and oxygen atoms in total. The fraction of sp³-hybridized carbons (Fsp3) is 0.250.